The molecule has 1 nitrogen and oxygen atoms in total. The minimum absolute atomic E-state index is 0.0268. The van der Waals surface area contributed by atoms with Gasteiger partial charge in [-0.2, -0.15) is 0 Å². The quantitative estimate of drug-likeness (QED) is 0.520. The first-order valence-corrected chi connectivity index (χ1v) is 7.43. The Hall–Kier alpha value is -0.870. The number of ketones is 1. The molecule has 0 aromatic heterocycles. The van der Waals surface area contributed by atoms with E-state index in [1.807, 2.05) is 32.0 Å². The predicted octanol–water partition coefficient (Wildman–Crippen LogP) is 5.10. The van der Waals surface area contributed by atoms with Gasteiger partial charge in [0, 0.05) is 14.7 Å². The molecule has 19 heavy (non-hydrogen) atoms. The van der Waals surface area contributed by atoms with Crippen LogP contribution in [0.25, 0.3) is 0 Å². The molecule has 0 radical (unpaired) electrons. The maximum absolute atomic E-state index is 12.5. The number of hydrogen-bond acceptors (Lipinski definition) is 1. The van der Waals surface area contributed by atoms with Crippen molar-refractivity contribution in [2.24, 2.45) is 0 Å². The Morgan fingerprint density at radius 1 is 1.00 bits per heavy atom. The van der Waals surface area contributed by atoms with Crippen LogP contribution in [0.15, 0.2) is 30.3 Å². The number of hydrogen-bond donors (Lipinski definition) is 0. The summed E-state index contributed by atoms with van der Waals surface area (Å²) in [4.78, 5) is 12.5. The van der Waals surface area contributed by atoms with Crippen molar-refractivity contribution >= 4 is 40.0 Å². The molecule has 0 atom stereocenters. The highest BCUT2D eigenvalue weighted by Crippen LogP contribution is 2.23. The minimum Gasteiger partial charge on any atom is -0.289 e. The third-order valence-corrected chi connectivity index (χ3v) is 4.84. The predicted molar refractivity (Wildman–Crippen MR) is 88.3 cm³/mol. The van der Waals surface area contributed by atoms with E-state index in [0.717, 1.165) is 20.3 Å². The van der Waals surface area contributed by atoms with Crippen molar-refractivity contribution in [2.75, 3.05) is 0 Å². The molecule has 0 aliphatic carbocycles. The fraction of sp³-hybridized carbons (Fsp3) is 0.188. The maximum Gasteiger partial charge on any atom is 0.193 e. The van der Waals surface area contributed by atoms with E-state index in [9.17, 15) is 4.79 Å². The molecule has 2 rings (SSSR count). The average molecular weight is 385 g/mol. The summed E-state index contributed by atoms with van der Waals surface area (Å²) in [5, 5.41) is 0.618. The Morgan fingerprint density at radius 3 is 2.26 bits per heavy atom. The van der Waals surface area contributed by atoms with Gasteiger partial charge in [-0.05, 0) is 84.3 Å². The van der Waals surface area contributed by atoms with Gasteiger partial charge in [-0.15, -0.1) is 0 Å². The summed E-state index contributed by atoms with van der Waals surface area (Å²) in [5.41, 5.74) is 4.72. The lowest BCUT2D eigenvalue weighted by molar-refractivity contribution is 0.103. The van der Waals surface area contributed by atoms with Crippen molar-refractivity contribution in [3.8, 4) is 0 Å². The van der Waals surface area contributed by atoms with Crippen molar-refractivity contribution in [1.29, 1.82) is 0 Å². The molecule has 0 heterocycles. The lowest BCUT2D eigenvalue weighted by Gasteiger charge is -2.09. The average Bonchev–Trinajstić information content (AvgIpc) is 2.36. The van der Waals surface area contributed by atoms with Gasteiger partial charge < -0.3 is 0 Å². The molecule has 2 aromatic rings. The molecule has 0 aliphatic rings. The third-order valence-electron chi connectivity index (χ3n) is 3.27. The Balaban J connectivity index is 2.49. The standard InChI is InChI=1S/C16H14ClIO/c1-9-6-11(3)13(7-10(9)2)16(19)12-4-5-15(18)14(17)8-12/h4-8H,1-3H3. The van der Waals surface area contributed by atoms with Crippen molar-refractivity contribution in [3.63, 3.8) is 0 Å². The van der Waals surface area contributed by atoms with Crippen molar-refractivity contribution in [1.82, 2.24) is 0 Å². The fourth-order valence-electron chi connectivity index (χ4n) is 2.00. The van der Waals surface area contributed by atoms with Gasteiger partial charge in [0.05, 0.1) is 5.02 Å². The van der Waals surface area contributed by atoms with Crippen LogP contribution in [-0.4, -0.2) is 5.78 Å². The summed E-state index contributed by atoms with van der Waals surface area (Å²) in [5.74, 6) is 0.0268. The number of benzene rings is 2. The van der Waals surface area contributed by atoms with Crippen LogP contribution in [0.1, 0.15) is 32.6 Å². The van der Waals surface area contributed by atoms with E-state index in [4.69, 9.17) is 11.6 Å². The lowest BCUT2D eigenvalue weighted by Crippen LogP contribution is -2.05. The fourth-order valence-corrected chi connectivity index (χ4v) is 2.51. The second kappa shape index (κ2) is 5.63. The van der Waals surface area contributed by atoms with Gasteiger partial charge >= 0.3 is 0 Å². The molecule has 98 valence electrons. The Labute approximate surface area is 132 Å². The molecule has 2 aromatic carbocycles. The molecule has 0 aliphatic heterocycles. The minimum atomic E-state index is 0.0268. The smallest absolute Gasteiger partial charge is 0.193 e. The van der Waals surface area contributed by atoms with Crippen LogP contribution >= 0.6 is 34.2 Å². The highest BCUT2D eigenvalue weighted by Gasteiger charge is 2.14. The first-order chi connectivity index (χ1) is 8.90. The topological polar surface area (TPSA) is 17.1 Å². The number of carbonyl (C=O) groups is 1. The molecule has 0 unspecified atom stereocenters. The van der Waals surface area contributed by atoms with E-state index >= 15 is 0 Å². The van der Waals surface area contributed by atoms with Crippen LogP contribution in [-0.2, 0) is 0 Å². The molecule has 0 N–H and O–H groups in total. The van der Waals surface area contributed by atoms with Gasteiger partial charge in [0.25, 0.3) is 0 Å². The molecule has 0 bridgehead atoms. The van der Waals surface area contributed by atoms with Crippen LogP contribution in [0.3, 0.4) is 0 Å². The zero-order valence-corrected chi connectivity index (χ0v) is 14.0. The lowest BCUT2D eigenvalue weighted by atomic mass is 9.95. The SMILES string of the molecule is Cc1cc(C)c(C(=O)c2ccc(I)c(Cl)c2)cc1C. The molecular formula is C16H14ClIO. The van der Waals surface area contributed by atoms with Crippen molar-refractivity contribution in [3.05, 3.63) is 66.7 Å². The number of rotatable bonds is 2. The summed E-state index contributed by atoms with van der Waals surface area (Å²) in [6.45, 7) is 6.04. The van der Waals surface area contributed by atoms with E-state index in [1.165, 1.54) is 5.56 Å². The number of carbonyl (C=O) groups excluding carboxylic acids is 1. The second-order valence-electron chi connectivity index (χ2n) is 4.71. The van der Waals surface area contributed by atoms with E-state index in [2.05, 4.69) is 35.6 Å². The summed E-state index contributed by atoms with van der Waals surface area (Å²) in [7, 11) is 0. The molecule has 0 amide bonds. The second-order valence-corrected chi connectivity index (χ2v) is 6.28. The van der Waals surface area contributed by atoms with Crippen LogP contribution in [0.2, 0.25) is 5.02 Å². The van der Waals surface area contributed by atoms with E-state index in [0.29, 0.717) is 10.6 Å². The van der Waals surface area contributed by atoms with Gasteiger partial charge in [-0.25, -0.2) is 0 Å². The van der Waals surface area contributed by atoms with Crippen LogP contribution < -0.4 is 0 Å². The molecule has 0 saturated carbocycles. The number of aryl methyl sites for hydroxylation is 3. The summed E-state index contributed by atoms with van der Waals surface area (Å²) >= 11 is 8.23. The Bertz CT molecular complexity index is 662. The van der Waals surface area contributed by atoms with Crippen molar-refractivity contribution in [2.45, 2.75) is 20.8 Å². The highest BCUT2D eigenvalue weighted by molar-refractivity contribution is 14.1. The Kier molecular flexibility index (Phi) is 4.31. The highest BCUT2D eigenvalue weighted by atomic mass is 127. The normalized spacial score (nSPS) is 10.6. The van der Waals surface area contributed by atoms with E-state index in [1.54, 1.807) is 6.07 Å². The first-order valence-electron chi connectivity index (χ1n) is 5.97. The summed E-state index contributed by atoms with van der Waals surface area (Å²) in [6.07, 6.45) is 0. The molecule has 0 spiro atoms. The Morgan fingerprint density at radius 2 is 1.63 bits per heavy atom. The van der Waals surface area contributed by atoms with Crippen LogP contribution in [0.4, 0.5) is 0 Å². The molecule has 0 saturated heterocycles. The third kappa shape index (κ3) is 3.00. The van der Waals surface area contributed by atoms with Crippen LogP contribution in [0.5, 0.6) is 0 Å². The summed E-state index contributed by atoms with van der Waals surface area (Å²) in [6, 6.07) is 9.44. The van der Waals surface area contributed by atoms with Crippen LogP contribution in [0, 0.1) is 24.3 Å². The van der Waals surface area contributed by atoms with Gasteiger partial charge in [0.2, 0.25) is 0 Å². The van der Waals surface area contributed by atoms with E-state index < -0.39 is 0 Å². The first kappa shape index (κ1) is 14.5. The molecule has 3 heteroatoms. The summed E-state index contributed by atoms with van der Waals surface area (Å²) < 4.78 is 0.952. The monoisotopic (exact) mass is 384 g/mol. The maximum atomic E-state index is 12.5. The van der Waals surface area contributed by atoms with Gasteiger partial charge in [0.1, 0.15) is 0 Å². The van der Waals surface area contributed by atoms with Gasteiger partial charge in [-0.3, -0.25) is 4.79 Å². The van der Waals surface area contributed by atoms with E-state index in [-0.39, 0.29) is 5.78 Å². The number of halogens is 2. The van der Waals surface area contributed by atoms with Gasteiger partial charge in [-0.1, -0.05) is 17.7 Å². The van der Waals surface area contributed by atoms with Crippen molar-refractivity contribution < 1.29 is 4.79 Å². The molecule has 0 fully saturated rings. The molecular weight excluding hydrogens is 371 g/mol. The zero-order chi connectivity index (χ0) is 14.2. The largest absolute Gasteiger partial charge is 0.289 e. The zero-order valence-electron chi connectivity index (χ0n) is 11.1. The van der Waals surface area contributed by atoms with Gasteiger partial charge in [0.15, 0.2) is 5.78 Å².